The molecule has 1 unspecified atom stereocenters. The van der Waals surface area contributed by atoms with E-state index in [2.05, 4.69) is 21.5 Å². The van der Waals surface area contributed by atoms with Gasteiger partial charge >= 0.3 is 6.01 Å². The first-order valence-electron chi connectivity index (χ1n) is 6.95. The molecule has 0 spiro atoms. The minimum Gasteiger partial charge on any atom is -0.496 e. The molecule has 0 saturated carbocycles. The molecule has 2 aromatic rings. The highest BCUT2D eigenvalue weighted by molar-refractivity contribution is 5.47. The smallest absolute Gasteiger partial charge is 0.321 e. The summed E-state index contributed by atoms with van der Waals surface area (Å²) in [5.41, 5.74) is 2.53. The lowest BCUT2D eigenvalue weighted by atomic mass is 10.1. The van der Waals surface area contributed by atoms with E-state index in [4.69, 9.17) is 9.26 Å². The van der Waals surface area contributed by atoms with Crippen LogP contribution in [0.1, 0.15) is 49.2 Å². The lowest BCUT2D eigenvalue weighted by Gasteiger charge is -2.12. The average Bonchev–Trinajstić information content (AvgIpc) is 3.06. The molecule has 0 bridgehead atoms. The maximum atomic E-state index is 5.41. The van der Waals surface area contributed by atoms with Crippen molar-refractivity contribution < 1.29 is 9.26 Å². The molecular weight excluding hydrogens is 254 g/mol. The van der Waals surface area contributed by atoms with Gasteiger partial charge in [-0.05, 0) is 30.0 Å². The zero-order valence-electron chi connectivity index (χ0n) is 12.0. The summed E-state index contributed by atoms with van der Waals surface area (Å²) in [4.78, 5) is 4.37. The Labute approximate surface area is 118 Å². The maximum Gasteiger partial charge on any atom is 0.321 e. The van der Waals surface area contributed by atoms with Gasteiger partial charge in [-0.25, -0.2) is 0 Å². The molecule has 1 N–H and O–H groups in total. The molecule has 5 heteroatoms. The van der Waals surface area contributed by atoms with Crippen LogP contribution in [0.5, 0.6) is 5.75 Å². The van der Waals surface area contributed by atoms with Gasteiger partial charge in [-0.3, -0.25) is 0 Å². The molecule has 1 aliphatic carbocycles. The maximum absolute atomic E-state index is 5.41. The van der Waals surface area contributed by atoms with E-state index < -0.39 is 0 Å². The van der Waals surface area contributed by atoms with Crippen LogP contribution in [0.15, 0.2) is 22.7 Å². The monoisotopic (exact) mass is 273 g/mol. The van der Waals surface area contributed by atoms with E-state index in [1.165, 1.54) is 11.1 Å². The van der Waals surface area contributed by atoms with E-state index in [1.54, 1.807) is 7.11 Å². The van der Waals surface area contributed by atoms with Crippen LogP contribution in [0.2, 0.25) is 0 Å². The molecule has 0 fully saturated rings. The van der Waals surface area contributed by atoms with Crippen molar-refractivity contribution in [1.29, 1.82) is 0 Å². The largest absolute Gasteiger partial charge is 0.496 e. The Balaban J connectivity index is 1.81. The second kappa shape index (κ2) is 5.15. The lowest BCUT2D eigenvalue weighted by Crippen LogP contribution is -2.07. The number of fused-ring (bicyclic) bond motifs is 1. The minimum atomic E-state index is 0.209. The quantitative estimate of drug-likeness (QED) is 0.926. The molecule has 20 heavy (non-hydrogen) atoms. The van der Waals surface area contributed by atoms with Gasteiger partial charge in [0, 0.05) is 5.92 Å². The van der Waals surface area contributed by atoms with E-state index in [0.29, 0.717) is 6.01 Å². The SMILES string of the molecule is COc1cccc2c1CCC2Nc1nc(C(C)C)no1. The van der Waals surface area contributed by atoms with Gasteiger partial charge in [0.2, 0.25) is 0 Å². The summed E-state index contributed by atoms with van der Waals surface area (Å²) >= 11 is 0. The van der Waals surface area contributed by atoms with Crippen LogP contribution in [0.4, 0.5) is 6.01 Å². The van der Waals surface area contributed by atoms with Gasteiger partial charge in [0.1, 0.15) is 5.75 Å². The Morgan fingerprint density at radius 3 is 2.95 bits per heavy atom. The summed E-state index contributed by atoms with van der Waals surface area (Å²) in [5.74, 6) is 1.96. The van der Waals surface area contributed by atoms with Crippen LogP contribution in [0, 0.1) is 0 Å². The molecule has 1 aliphatic rings. The third kappa shape index (κ3) is 2.24. The second-order valence-corrected chi connectivity index (χ2v) is 5.38. The molecule has 1 aromatic carbocycles. The van der Waals surface area contributed by atoms with E-state index in [0.717, 1.165) is 24.4 Å². The normalized spacial score (nSPS) is 17.3. The van der Waals surface area contributed by atoms with Crippen LogP contribution < -0.4 is 10.1 Å². The number of hydrogen-bond donors (Lipinski definition) is 1. The molecule has 1 atom stereocenters. The molecule has 0 saturated heterocycles. The van der Waals surface area contributed by atoms with Gasteiger partial charge in [-0.15, -0.1) is 0 Å². The Kier molecular flexibility index (Phi) is 3.34. The fourth-order valence-electron chi connectivity index (χ4n) is 2.64. The second-order valence-electron chi connectivity index (χ2n) is 5.38. The summed E-state index contributed by atoms with van der Waals surface area (Å²) in [5, 5.41) is 7.30. The number of hydrogen-bond acceptors (Lipinski definition) is 5. The van der Waals surface area contributed by atoms with Crippen LogP contribution in [-0.4, -0.2) is 17.3 Å². The number of rotatable bonds is 4. The number of benzene rings is 1. The van der Waals surface area contributed by atoms with E-state index in [-0.39, 0.29) is 12.0 Å². The molecular formula is C15H19N3O2. The van der Waals surface area contributed by atoms with Crippen molar-refractivity contribution in [2.75, 3.05) is 12.4 Å². The Hall–Kier alpha value is -2.04. The highest BCUT2D eigenvalue weighted by Gasteiger charge is 2.26. The summed E-state index contributed by atoms with van der Waals surface area (Å²) < 4.78 is 10.7. The molecule has 0 amide bonds. The number of aromatic nitrogens is 2. The summed E-state index contributed by atoms with van der Waals surface area (Å²) in [6.07, 6.45) is 2.01. The zero-order valence-corrected chi connectivity index (χ0v) is 12.0. The third-order valence-electron chi connectivity index (χ3n) is 3.70. The van der Waals surface area contributed by atoms with E-state index >= 15 is 0 Å². The van der Waals surface area contributed by atoms with E-state index in [1.807, 2.05) is 26.0 Å². The Morgan fingerprint density at radius 2 is 2.25 bits per heavy atom. The Morgan fingerprint density at radius 1 is 1.40 bits per heavy atom. The van der Waals surface area contributed by atoms with Crippen LogP contribution >= 0.6 is 0 Å². The van der Waals surface area contributed by atoms with Crippen molar-refractivity contribution in [2.24, 2.45) is 0 Å². The number of methoxy groups -OCH3 is 1. The van der Waals surface area contributed by atoms with Gasteiger partial charge in [0.05, 0.1) is 13.2 Å². The van der Waals surface area contributed by atoms with Crippen LogP contribution in [0.25, 0.3) is 0 Å². The summed E-state index contributed by atoms with van der Waals surface area (Å²) in [7, 11) is 1.71. The van der Waals surface area contributed by atoms with Crippen molar-refractivity contribution in [1.82, 2.24) is 10.1 Å². The van der Waals surface area contributed by atoms with Gasteiger partial charge in [0.25, 0.3) is 0 Å². The first kappa shape index (κ1) is 13.0. The van der Waals surface area contributed by atoms with Gasteiger partial charge in [-0.1, -0.05) is 31.1 Å². The summed E-state index contributed by atoms with van der Waals surface area (Å²) in [6.45, 7) is 4.09. The molecule has 1 aromatic heterocycles. The highest BCUT2D eigenvalue weighted by Crippen LogP contribution is 2.38. The van der Waals surface area contributed by atoms with Crippen molar-refractivity contribution >= 4 is 6.01 Å². The molecule has 1 heterocycles. The number of anilines is 1. The van der Waals surface area contributed by atoms with Gasteiger partial charge in [-0.2, -0.15) is 4.98 Å². The van der Waals surface area contributed by atoms with Gasteiger partial charge in [0.15, 0.2) is 5.82 Å². The topological polar surface area (TPSA) is 60.2 Å². The average molecular weight is 273 g/mol. The molecule has 3 rings (SSSR count). The minimum absolute atomic E-state index is 0.209. The predicted octanol–water partition coefficient (Wildman–Crippen LogP) is 3.30. The molecule has 5 nitrogen and oxygen atoms in total. The first-order chi connectivity index (χ1) is 9.69. The highest BCUT2D eigenvalue weighted by atomic mass is 16.5. The Bertz CT molecular complexity index is 607. The zero-order chi connectivity index (χ0) is 14.1. The van der Waals surface area contributed by atoms with Crippen molar-refractivity contribution in [3.63, 3.8) is 0 Å². The molecule has 0 radical (unpaired) electrons. The fourth-order valence-corrected chi connectivity index (χ4v) is 2.64. The molecule has 0 aliphatic heterocycles. The van der Waals surface area contributed by atoms with Crippen LogP contribution in [0.3, 0.4) is 0 Å². The lowest BCUT2D eigenvalue weighted by molar-refractivity contribution is 0.410. The van der Waals surface area contributed by atoms with Crippen LogP contribution in [-0.2, 0) is 6.42 Å². The van der Waals surface area contributed by atoms with Crippen molar-refractivity contribution in [3.05, 3.63) is 35.2 Å². The standard InChI is InChI=1S/C15H19N3O2/c1-9(2)14-17-15(20-18-14)16-12-8-7-11-10(12)5-4-6-13(11)19-3/h4-6,9,12H,7-8H2,1-3H3,(H,16,17,18). The van der Waals surface area contributed by atoms with E-state index in [9.17, 15) is 0 Å². The fraction of sp³-hybridized carbons (Fsp3) is 0.467. The predicted molar refractivity (Wildman–Crippen MR) is 76.1 cm³/mol. The number of nitrogens with zero attached hydrogens (tertiary/aromatic N) is 2. The number of ether oxygens (including phenoxy) is 1. The molecule has 106 valence electrons. The number of nitrogens with one attached hydrogen (secondary N) is 1. The van der Waals surface area contributed by atoms with Crippen molar-refractivity contribution in [3.8, 4) is 5.75 Å². The summed E-state index contributed by atoms with van der Waals surface area (Å²) in [6, 6.07) is 6.85. The van der Waals surface area contributed by atoms with Gasteiger partial charge < -0.3 is 14.6 Å². The first-order valence-corrected chi connectivity index (χ1v) is 6.95. The van der Waals surface area contributed by atoms with Crippen molar-refractivity contribution in [2.45, 2.75) is 38.6 Å². The third-order valence-corrected chi connectivity index (χ3v) is 3.70.